The molecule has 2 N–H and O–H groups in total. The maximum absolute atomic E-state index is 12.6. The van der Waals surface area contributed by atoms with E-state index in [0.717, 1.165) is 12.5 Å². The average Bonchev–Trinajstić information content (AvgIpc) is 2.47. The van der Waals surface area contributed by atoms with E-state index in [1.807, 2.05) is 11.9 Å². The van der Waals surface area contributed by atoms with Crippen LogP contribution in [0.2, 0.25) is 0 Å². The molecule has 0 aromatic rings. The summed E-state index contributed by atoms with van der Waals surface area (Å²) in [5.41, 5.74) is 5.93. The number of carbonyl (C=O) groups excluding carboxylic acids is 1. The van der Waals surface area contributed by atoms with Gasteiger partial charge >= 0.3 is 0 Å². The molecule has 2 rings (SSSR count). The number of nitrogens with two attached hydrogens (primary N) is 1. The highest BCUT2D eigenvalue weighted by atomic mass is 35.5. The minimum atomic E-state index is 0. The van der Waals surface area contributed by atoms with Crippen LogP contribution in [-0.2, 0) is 4.79 Å². The Labute approximate surface area is 142 Å². The number of likely N-dealkylation sites (N-methyl/N-ethyl adjacent to an activating group) is 1. The van der Waals surface area contributed by atoms with Gasteiger partial charge in [0.25, 0.3) is 0 Å². The number of piperidine rings is 1. The lowest BCUT2D eigenvalue weighted by molar-refractivity contribution is -0.135. The minimum Gasteiger partial charge on any atom is -0.342 e. The summed E-state index contributed by atoms with van der Waals surface area (Å²) in [6.45, 7) is 6.82. The molecule has 2 unspecified atom stereocenters. The van der Waals surface area contributed by atoms with Crippen molar-refractivity contribution < 1.29 is 4.79 Å². The lowest BCUT2D eigenvalue weighted by atomic mass is 9.86. The fraction of sp³-hybridized carbons (Fsp3) is 0.941. The average molecular weight is 332 g/mol. The number of carbonyl (C=O) groups is 1. The predicted molar refractivity (Wildman–Crippen MR) is 94.3 cm³/mol. The summed E-state index contributed by atoms with van der Waals surface area (Å²) in [7, 11) is 1.99. The summed E-state index contributed by atoms with van der Waals surface area (Å²) in [5, 5.41) is 0. The molecular weight excluding hydrogens is 298 g/mol. The van der Waals surface area contributed by atoms with Gasteiger partial charge in [0.1, 0.15) is 0 Å². The second-order valence-electron chi connectivity index (χ2n) is 7.31. The zero-order chi connectivity index (χ0) is 15.4. The summed E-state index contributed by atoms with van der Waals surface area (Å²) in [4.78, 5) is 16.9. The Kier molecular flexibility index (Phi) is 8.15. The molecule has 22 heavy (non-hydrogen) atoms. The smallest absolute Gasteiger partial charge is 0.236 e. The van der Waals surface area contributed by atoms with E-state index in [1.165, 1.54) is 38.5 Å². The number of halogens is 1. The van der Waals surface area contributed by atoms with Crippen LogP contribution >= 0.6 is 12.4 Å². The number of nitrogens with zero attached hydrogens (tertiary/aromatic N) is 2. The molecule has 5 heteroatoms. The van der Waals surface area contributed by atoms with Crippen LogP contribution in [0.25, 0.3) is 0 Å². The van der Waals surface area contributed by atoms with Crippen LogP contribution in [-0.4, -0.2) is 54.5 Å². The van der Waals surface area contributed by atoms with Gasteiger partial charge in [-0.2, -0.15) is 0 Å². The van der Waals surface area contributed by atoms with Gasteiger partial charge in [-0.15, -0.1) is 12.4 Å². The van der Waals surface area contributed by atoms with Crippen molar-refractivity contribution in [3.05, 3.63) is 0 Å². The van der Waals surface area contributed by atoms with E-state index in [4.69, 9.17) is 5.73 Å². The SMILES string of the molecule is CC1CCC(N(C)C(=O)CN2CCCC(C)C2CN)CC1.Cl. The van der Waals surface area contributed by atoms with Crippen molar-refractivity contribution in [3.8, 4) is 0 Å². The Hall–Kier alpha value is -0.320. The van der Waals surface area contributed by atoms with E-state index in [-0.39, 0.29) is 18.3 Å². The monoisotopic (exact) mass is 331 g/mol. The summed E-state index contributed by atoms with van der Waals surface area (Å²) < 4.78 is 0. The van der Waals surface area contributed by atoms with Gasteiger partial charge < -0.3 is 10.6 Å². The zero-order valence-electron chi connectivity index (χ0n) is 14.5. The van der Waals surface area contributed by atoms with Crippen LogP contribution in [0, 0.1) is 11.8 Å². The third-order valence-corrected chi connectivity index (χ3v) is 5.74. The first-order chi connectivity index (χ1) is 10.0. The molecule has 1 aliphatic heterocycles. The van der Waals surface area contributed by atoms with Gasteiger partial charge in [-0.25, -0.2) is 0 Å². The molecule has 0 aromatic carbocycles. The number of hydrogen-bond acceptors (Lipinski definition) is 3. The molecule has 2 atom stereocenters. The van der Waals surface area contributed by atoms with E-state index < -0.39 is 0 Å². The van der Waals surface area contributed by atoms with Gasteiger partial charge in [-0.3, -0.25) is 9.69 Å². The van der Waals surface area contributed by atoms with Crippen LogP contribution < -0.4 is 5.73 Å². The van der Waals surface area contributed by atoms with Crippen molar-refractivity contribution in [1.82, 2.24) is 9.80 Å². The van der Waals surface area contributed by atoms with Crippen LogP contribution in [0.3, 0.4) is 0 Å². The largest absolute Gasteiger partial charge is 0.342 e. The molecule has 0 aromatic heterocycles. The molecule has 2 aliphatic rings. The second kappa shape index (κ2) is 9.09. The van der Waals surface area contributed by atoms with Crippen molar-refractivity contribution >= 4 is 18.3 Å². The van der Waals surface area contributed by atoms with Crippen molar-refractivity contribution in [2.75, 3.05) is 26.7 Å². The van der Waals surface area contributed by atoms with Gasteiger partial charge in [0.15, 0.2) is 0 Å². The second-order valence-corrected chi connectivity index (χ2v) is 7.31. The predicted octanol–water partition coefficient (Wildman–Crippen LogP) is 2.50. The topological polar surface area (TPSA) is 49.6 Å². The molecular formula is C17H34ClN3O. The molecule has 0 radical (unpaired) electrons. The van der Waals surface area contributed by atoms with Gasteiger partial charge in [0.2, 0.25) is 5.91 Å². The lowest BCUT2D eigenvalue weighted by Crippen LogP contribution is -2.53. The number of hydrogen-bond donors (Lipinski definition) is 1. The quantitative estimate of drug-likeness (QED) is 0.861. The van der Waals surface area contributed by atoms with Crippen molar-refractivity contribution in [3.63, 3.8) is 0 Å². The third kappa shape index (κ3) is 4.84. The van der Waals surface area contributed by atoms with Crippen molar-refractivity contribution in [2.24, 2.45) is 17.6 Å². The van der Waals surface area contributed by atoms with Gasteiger partial charge in [0.05, 0.1) is 6.54 Å². The Bertz CT molecular complexity index is 345. The fourth-order valence-corrected chi connectivity index (χ4v) is 4.03. The highest BCUT2D eigenvalue weighted by Gasteiger charge is 2.31. The molecule has 130 valence electrons. The van der Waals surface area contributed by atoms with Crippen LogP contribution in [0.5, 0.6) is 0 Å². The number of likely N-dealkylation sites (tertiary alicyclic amines) is 1. The summed E-state index contributed by atoms with van der Waals surface area (Å²) in [5.74, 6) is 1.72. The van der Waals surface area contributed by atoms with Crippen molar-refractivity contribution in [2.45, 2.75) is 64.5 Å². The first kappa shape index (κ1) is 19.7. The fourth-order valence-electron chi connectivity index (χ4n) is 4.03. The maximum Gasteiger partial charge on any atom is 0.236 e. The zero-order valence-corrected chi connectivity index (χ0v) is 15.3. The van der Waals surface area contributed by atoms with Gasteiger partial charge in [-0.1, -0.05) is 13.8 Å². The Morgan fingerprint density at radius 2 is 1.82 bits per heavy atom. The van der Waals surface area contributed by atoms with E-state index in [1.54, 1.807) is 0 Å². The lowest BCUT2D eigenvalue weighted by Gasteiger charge is -2.41. The molecule has 0 spiro atoms. The minimum absolute atomic E-state index is 0. The van der Waals surface area contributed by atoms with E-state index in [0.29, 0.717) is 31.1 Å². The Morgan fingerprint density at radius 3 is 2.41 bits per heavy atom. The van der Waals surface area contributed by atoms with Crippen LogP contribution in [0.15, 0.2) is 0 Å². The van der Waals surface area contributed by atoms with E-state index >= 15 is 0 Å². The normalized spacial score (nSPS) is 33.1. The van der Waals surface area contributed by atoms with E-state index in [2.05, 4.69) is 18.7 Å². The molecule has 1 saturated heterocycles. The van der Waals surface area contributed by atoms with Crippen molar-refractivity contribution in [1.29, 1.82) is 0 Å². The summed E-state index contributed by atoms with van der Waals surface area (Å²) >= 11 is 0. The molecule has 1 aliphatic carbocycles. The maximum atomic E-state index is 12.6. The standard InChI is InChI=1S/C17H33N3O.ClH/c1-13-6-8-15(9-7-13)19(3)17(21)12-20-10-4-5-14(2)16(20)11-18;/h13-16H,4-12,18H2,1-3H3;1H. The Morgan fingerprint density at radius 1 is 1.18 bits per heavy atom. The molecule has 4 nitrogen and oxygen atoms in total. The first-order valence-electron chi connectivity index (χ1n) is 8.72. The van der Waals surface area contributed by atoms with E-state index in [9.17, 15) is 4.79 Å². The highest BCUT2D eigenvalue weighted by Crippen LogP contribution is 2.27. The molecule has 1 saturated carbocycles. The number of amides is 1. The van der Waals surface area contributed by atoms with Gasteiger partial charge in [0, 0.05) is 25.7 Å². The molecule has 0 bridgehead atoms. The molecule has 1 heterocycles. The van der Waals surface area contributed by atoms with Crippen LogP contribution in [0.4, 0.5) is 0 Å². The first-order valence-corrected chi connectivity index (χ1v) is 8.72. The Balaban J connectivity index is 0.00000242. The van der Waals surface area contributed by atoms with Crippen LogP contribution in [0.1, 0.15) is 52.4 Å². The summed E-state index contributed by atoms with van der Waals surface area (Å²) in [6.07, 6.45) is 7.28. The highest BCUT2D eigenvalue weighted by molar-refractivity contribution is 5.85. The van der Waals surface area contributed by atoms with Gasteiger partial charge in [-0.05, 0) is 56.9 Å². The molecule has 2 fully saturated rings. The molecule has 1 amide bonds. The number of rotatable bonds is 4. The third-order valence-electron chi connectivity index (χ3n) is 5.74. The summed E-state index contributed by atoms with van der Waals surface area (Å²) in [6, 6.07) is 0.828.